The predicted molar refractivity (Wildman–Crippen MR) is 119 cm³/mol. The molecule has 2 aromatic carbocycles. The number of nitrogens with zero attached hydrogens (tertiary/aromatic N) is 4. The van der Waals surface area contributed by atoms with Crippen LogP contribution in [-0.4, -0.2) is 25.3 Å². The highest BCUT2D eigenvalue weighted by atomic mass is 16.5. The van der Waals surface area contributed by atoms with Gasteiger partial charge < -0.3 is 9.30 Å². The van der Waals surface area contributed by atoms with Gasteiger partial charge in [-0.1, -0.05) is 49.2 Å². The van der Waals surface area contributed by atoms with Crippen LogP contribution in [0.2, 0.25) is 0 Å². The third kappa shape index (κ3) is 3.56. The molecule has 1 aliphatic carbocycles. The minimum atomic E-state index is -0.318. The first-order valence-electron chi connectivity index (χ1n) is 10.7. The highest BCUT2D eigenvalue weighted by Gasteiger charge is 2.26. The molecule has 0 unspecified atom stereocenters. The maximum absolute atomic E-state index is 13.5. The molecule has 0 saturated heterocycles. The van der Waals surface area contributed by atoms with Crippen LogP contribution in [0.4, 0.5) is 0 Å². The quantitative estimate of drug-likeness (QED) is 0.482. The molecule has 5 rings (SSSR count). The SMILES string of the molecule is O=c1c2c(ncn2CCOc2ccccc2)n(-c2ccccc2)c(=O)n1C1CCCC1. The molecule has 2 aromatic heterocycles. The first-order valence-corrected chi connectivity index (χ1v) is 10.7. The van der Waals surface area contributed by atoms with Crippen LogP contribution < -0.4 is 16.0 Å². The van der Waals surface area contributed by atoms with Gasteiger partial charge in [0, 0.05) is 6.04 Å². The normalized spacial score (nSPS) is 14.3. The molecule has 0 radical (unpaired) electrons. The molecule has 31 heavy (non-hydrogen) atoms. The van der Waals surface area contributed by atoms with Gasteiger partial charge in [0.1, 0.15) is 12.4 Å². The third-order valence-corrected chi connectivity index (χ3v) is 5.90. The number of benzene rings is 2. The van der Waals surface area contributed by atoms with Crippen LogP contribution in [0, 0.1) is 0 Å². The topological polar surface area (TPSA) is 71.1 Å². The number of hydrogen-bond donors (Lipinski definition) is 0. The zero-order chi connectivity index (χ0) is 21.2. The smallest absolute Gasteiger partial charge is 0.337 e. The van der Waals surface area contributed by atoms with Gasteiger partial charge >= 0.3 is 5.69 Å². The lowest BCUT2D eigenvalue weighted by atomic mass is 10.2. The zero-order valence-electron chi connectivity index (χ0n) is 17.2. The molecule has 7 nitrogen and oxygen atoms in total. The number of imidazole rings is 1. The molecular formula is C24H24N4O3. The van der Waals surface area contributed by atoms with E-state index in [1.807, 2.05) is 60.7 Å². The van der Waals surface area contributed by atoms with E-state index in [-0.39, 0.29) is 17.3 Å². The lowest BCUT2D eigenvalue weighted by Crippen LogP contribution is -2.41. The van der Waals surface area contributed by atoms with Crippen LogP contribution in [0.3, 0.4) is 0 Å². The molecule has 0 bridgehead atoms. The Morgan fingerprint density at radius 3 is 2.32 bits per heavy atom. The van der Waals surface area contributed by atoms with E-state index >= 15 is 0 Å². The maximum atomic E-state index is 13.5. The summed E-state index contributed by atoms with van der Waals surface area (Å²) in [5, 5.41) is 0. The summed E-state index contributed by atoms with van der Waals surface area (Å²) in [5.41, 5.74) is 0.940. The van der Waals surface area contributed by atoms with Crippen molar-refractivity contribution in [3.05, 3.63) is 87.8 Å². The summed E-state index contributed by atoms with van der Waals surface area (Å²) in [4.78, 5) is 31.4. The minimum absolute atomic E-state index is 0.0664. The molecule has 0 aliphatic heterocycles. The Bertz CT molecular complexity index is 1300. The molecule has 4 aromatic rings. The van der Waals surface area contributed by atoms with E-state index in [9.17, 15) is 9.59 Å². The van der Waals surface area contributed by atoms with Gasteiger partial charge in [-0.2, -0.15) is 0 Å². The fourth-order valence-electron chi connectivity index (χ4n) is 4.40. The Labute approximate surface area is 179 Å². The van der Waals surface area contributed by atoms with Crippen molar-refractivity contribution in [3.63, 3.8) is 0 Å². The average molecular weight is 416 g/mol. The van der Waals surface area contributed by atoms with Gasteiger partial charge in [0.15, 0.2) is 11.2 Å². The molecule has 1 saturated carbocycles. The fraction of sp³-hybridized carbons (Fsp3) is 0.292. The summed E-state index contributed by atoms with van der Waals surface area (Å²) < 4.78 is 10.6. The van der Waals surface area contributed by atoms with Gasteiger partial charge in [-0.15, -0.1) is 0 Å². The molecular weight excluding hydrogens is 392 g/mol. The van der Waals surface area contributed by atoms with Crippen LogP contribution in [0.15, 0.2) is 76.6 Å². The Morgan fingerprint density at radius 1 is 0.935 bits per heavy atom. The largest absolute Gasteiger partial charge is 0.492 e. The molecule has 0 atom stereocenters. The second-order valence-electron chi connectivity index (χ2n) is 7.84. The minimum Gasteiger partial charge on any atom is -0.492 e. The molecule has 0 N–H and O–H groups in total. The fourth-order valence-corrected chi connectivity index (χ4v) is 4.40. The van der Waals surface area contributed by atoms with Crippen molar-refractivity contribution >= 4 is 11.2 Å². The van der Waals surface area contributed by atoms with E-state index in [4.69, 9.17) is 4.74 Å². The molecule has 0 amide bonds. The Kier molecular flexibility index (Phi) is 5.16. The Hall–Kier alpha value is -3.61. The molecule has 0 spiro atoms. The first-order chi connectivity index (χ1) is 15.2. The number of ether oxygens (including phenoxy) is 1. The van der Waals surface area contributed by atoms with Crippen LogP contribution >= 0.6 is 0 Å². The van der Waals surface area contributed by atoms with Crippen LogP contribution in [0.25, 0.3) is 16.9 Å². The van der Waals surface area contributed by atoms with Crippen molar-refractivity contribution in [1.29, 1.82) is 0 Å². The highest BCUT2D eigenvalue weighted by Crippen LogP contribution is 2.27. The van der Waals surface area contributed by atoms with Gasteiger partial charge in [-0.25, -0.2) is 14.3 Å². The third-order valence-electron chi connectivity index (χ3n) is 5.90. The van der Waals surface area contributed by atoms with Crippen molar-refractivity contribution in [2.24, 2.45) is 0 Å². The van der Waals surface area contributed by atoms with Gasteiger partial charge in [-0.3, -0.25) is 9.36 Å². The zero-order valence-corrected chi connectivity index (χ0v) is 17.2. The molecule has 1 aliphatic rings. The van der Waals surface area contributed by atoms with Crippen molar-refractivity contribution in [3.8, 4) is 11.4 Å². The van der Waals surface area contributed by atoms with Gasteiger partial charge in [-0.05, 0) is 37.1 Å². The standard InChI is InChI=1S/C24H24N4O3/c29-23-21-22(25-17-26(21)15-16-31-20-13-5-2-6-14-20)27(18-9-3-1-4-10-18)24(30)28(23)19-11-7-8-12-19/h1-6,9-10,13-14,17,19H,7-8,11-12,15-16H2. The van der Waals surface area contributed by atoms with E-state index < -0.39 is 0 Å². The highest BCUT2D eigenvalue weighted by molar-refractivity contribution is 5.72. The number of rotatable bonds is 6. The van der Waals surface area contributed by atoms with Crippen molar-refractivity contribution in [2.45, 2.75) is 38.3 Å². The van der Waals surface area contributed by atoms with E-state index in [2.05, 4.69) is 4.98 Å². The lowest BCUT2D eigenvalue weighted by Gasteiger charge is -2.17. The van der Waals surface area contributed by atoms with Gasteiger partial charge in [0.2, 0.25) is 0 Å². The predicted octanol–water partition coefficient (Wildman–Crippen LogP) is 3.54. The number of para-hydroxylation sites is 2. The van der Waals surface area contributed by atoms with Crippen molar-refractivity contribution in [2.75, 3.05) is 6.61 Å². The van der Waals surface area contributed by atoms with Gasteiger partial charge in [0.25, 0.3) is 5.56 Å². The summed E-state index contributed by atoms with van der Waals surface area (Å²) in [6.07, 6.45) is 5.38. The Morgan fingerprint density at radius 2 is 1.61 bits per heavy atom. The summed E-state index contributed by atoms with van der Waals surface area (Å²) in [6, 6.07) is 18.9. The summed E-state index contributed by atoms with van der Waals surface area (Å²) in [7, 11) is 0. The van der Waals surface area contributed by atoms with Crippen molar-refractivity contribution in [1.82, 2.24) is 18.7 Å². The van der Waals surface area contributed by atoms with E-state index in [0.29, 0.717) is 30.0 Å². The summed E-state index contributed by atoms with van der Waals surface area (Å²) in [6.45, 7) is 0.848. The first kappa shape index (κ1) is 19.4. The van der Waals surface area contributed by atoms with Crippen LogP contribution in [0.5, 0.6) is 5.75 Å². The molecule has 2 heterocycles. The second kappa shape index (κ2) is 8.26. The Balaban J connectivity index is 1.61. The van der Waals surface area contributed by atoms with E-state index in [1.165, 1.54) is 4.57 Å². The molecule has 7 heteroatoms. The van der Waals surface area contributed by atoms with Crippen LogP contribution in [-0.2, 0) is 6.54 Å². The monoisotopic (exact) mass is 416 g/mol. The number of fused-ring (bicyclic) bond motifs is 1. The number of hydrogen-bond acceptors (Lipinski definition) is 4. The summed E-state index contributed by atoms with van der Waals surface area (Å²) >= 11 is 0. The van der Waals surface area contributed by atoms with E-state index in [1.54, 1.807) is 15.5 Å². The summed E-state index contributed by atoms with van der Waals surface area (Å²) in [5.74, 6) is 0.775. The van der Waals surface area contributed by atoms with Crippen molar-refractivity contribution < 1.29 is 4.74 Å². The lowest BCUT2D eigenvalue weighted by molar-refractivity contribution is 0.300. The van der Waals surface area contributed by atoms with Gasteiger partial charge in [0.05, 0.1) is 18.6 Å². The van der Waals surface area contributed by atoms with E-state index in [0.717, 1.165) is 31.4 Å². The molecule has 1 fully saturated rings. The average Bonchev–Trinajstić information content (AvgIpc) is 3.46. The number of aromatic nitrogens is 4. The second-order valence-corrected chi connectivity index (χ2v) is 7.84. The molecule has 158 valence electrons. The van der Waals surface area contributed by atoms with Crippen LogP contribution in [0.1, 0.15) is 31.7 Å². The maximum Gasteiger partial charge on any atom is 0.337 e.